The molecule has 1 aromatic heterocycles. The van der Waals surface area contributed by atoms with Crippen LogP contribution in [0.3, 0.4) is 0 Å². The first kappa shape index (κ1) is 31.2. The maximum Gasteiger partial charge on any atom is 0.416 e. The van der Waals surface area contributed by atoms with Gasteiger partial charge in [-0.3, -0.25) is 24.1 Å². The lowest BCUT2D eigenvalue weighted by atomic mass is 9.68. The van der Waals surface area contributed by atoms with Crippen LogP contribution >= 0.6 is 34.7 Å². The van der Waals surface area contributed by atoms with E-state index in [0.29, 0.717) is 33.5 Å². The Morgan fingerprint density at radius 3 is 2.48 bits per heavy atom. The molecule has 48 heavy (non-hydrogen) atoms. The van der Waals surface area contributed by atoms with E-state index in [0.717, 1.165) is 33.2 Å². The number of carbonyl (C=O) groups excluding carboxylic acids is 3. The molecule has 3 aromatic carbocycles. The van der Waals surface area contributed by atoms with E-state index in [1.807, 2.05) is 6.07 Å². The SMILES string of the molecule is O=C(COc1ccc(Cl)cc1[C@H]1c2sc(=O)[nH]c2SC2C1[C@H]1C[C@@H]2C2C(=O)N(c3cccc(C(F)(F)F)c3)C(=O)C21)Nc1ccccc1. The van der Waals surface area contributed by atoms with Crippen molar-refractivity contribution < 1.29 is 32.3 Å². The van der Waals surface area contributed by atoms with Crippen LogP contribution in [-0.4, -0.2) is 34.6 Å². The summed E-state index contributed by atoms with van der Waals surface area (Å²) >= 11 is 9.07. The number of hydrogen-bond acceptors (Lipinski definition) is 7. The van der Waals surface area contributed by atoms with Crippen LogP contribution in [-0.2, 0) is 20.6 Å². The summed E-state index contributed by atoms with van der Waals surface area (Å²) in [6.07, 6.45) is -4.06. The highest BCUT2D eigenvalue weighted by molar-refractivity contribution is 8.00. The predicted molar refractivity (Wildman–Crippen MR) is 174 cm³/mol. The summed E-state index contributed by atoms with van der Waals surface area (Å²) in [7, 11) is 0. The molecule has 3 amide bonds. The molecule has 2 aliphatic heterocycles. The highest BCUT2D eigenvalue weighted by Crippen LogP contribution is 2.69. The molecule has 246 valence electrons. The number of benzene rings is 3. The Hall–Kier alpha value is -4.07. The zero-order chi connectivity index (χ0) is 33.5. The van der Waals surface area contributed by atoms with Crippen molar-refractivity contribution in [3.8, 4) is 5.75 Å². The monoisotopic (exact) mass is 711 g/mol. The summed E-state index contributed by atoms with van der Waals surface area (Å²) in [4.78, 5) is 57.8. The number of imide groups is 1. The zero-order valence-electron chi connectivity index (χ0n) is 24.7. The molecule has 8 rings (SSSR count). The van der Waals surface area contributed by atoms with Crippen LogP contribution in [0.2, 0.25) is 5.02 Å². The minimum atomic E-state index is -4.64. The molecule has 4 aliphatic rings. The van der Waals surface area contributed by atoms with Crippen molar-refractivity contribution in [2.45, 2.75) is 28.8 Å². The van der Waals surface area contributed by atoms with E-state index in [-0.39, 0.29) is 46.1 Å². The van der Waals surface area contributed by atoms with Gasteiger partial charge < -0.3 is 15.0 Å². The number of hydrogen-bond donors (Lipinski definition) is 2. The van der Waals surface area contributed by atoms with E-state index in [4.69, 9.17) is 16.3 Å². The second-order valence-electron chi connectivity index (χ2n) is 12.4. The number of thiazole rings is 1. The fraction of sp³-hybridized carbons (Fsp3) is 0.294. The van der Waals surface area contributed by atoms with Crippen LogP contribution in [0.25, 0.3) is 0 Å². The van der Waals surface area contributed by atoms with Crippen LogP contribution in [0, 0.1) is 29.6 Å². The number of para-hydroxylation sites is 1. The molecule has 0 radical (unpaired) electrons. The smallest absolute Gasteiger partial charge is 0.416 e. The molecule has 7 atom stereocenters. The Labute approximate surface area is 284 Å². The third kappa shape index (κ3) is 5.05. The number of halogens is 4. The quantitative estimate of drug-likeness (QED) is 0.213. The van der Waals surface area contributed by atoms with Gasteiger partial charge in [0.25, 0.3) is 5.91 Å². The van der Waals surface area contributed by atoms with E-state index < -0.39 is 41.3 Å². The number of nitrogens with zero attached hydrogens (tertiary/aromatic N) is 1. The summed E-state index contributed by atoms with van der Waals surface area (Å²) in [5.74, 6) is -3.62. The standard InChI is InChI=1S/C34H25ClF3N3O5S2/c35-16-9-10-22(46-14-23(42)39-17-6-2-1-3-7-17)19(12-16)24-25-20-13-21(28(25)47-30-29(24)48-33(45)40-30)27-26(20)31(43)41(32(27)44)18-8-4-5-15(11-18)34(36,37)38/h1-12,20-21,24-28H,13-14H2,(H,39,42)(H,40,45)/t20-,21-,24-,25?,26?,27?,28?/m1/s1. The number of aromatic amines is 1. The van der Waals surface area contributed by atoms with Crippen LogP contribution < -0.4 is 19.8 Å². The highest BCUT2D eigenvalue weighted by Gasteiger charge is 2.70. The molecule has 2 aliphatic carbocycles. The Bertz CT molecular complexity index is 2040. The summed E-state index contributed by atoms with van der Waals surface area (Å²) < 4.78 is 46.7. The normalized spacial score (nSPS) is 27.1. The highest BCUT2D eigenvalue weighted by atomic mass is 35.5. The minimum Gasteiger partial charge on any atom is -0.483 e. The first-order valence-corrected chi connectivity index (χ1v) is 17.3. The topological polar surface area (TPSA) is 109 Å². The van der Waals surface area contributed by atoms with Gasteiger partial charge in [-0.05, 0) is 72.7 Å². The fourth-order valence-electron chi connectivity index (χ4n) is 8.20. The molecule has 4 aromatic rings. The van der Waals surface area contributed by atoms with Gasteiger partial charge in [-0.2, -0.15) is 13.2 Å². The molecule has 0 spiro atoms. The van der Waals surface area contributed by atoms with E-state index >= 15 is 0 Å². The maximum atomic E-state index is 14.0. The number of ether oxygens (including phenoxy) is 1. The lowest BCUT2D eigenvalue weighted by molar-refractivity contribution is -0.137. The zero-order valence-corrected chi connectivity index (χ0v) is 27.1. The van der Waals surface area contributed by atoms with Gasteiger partial charge >= 0.3 is 11.0 Å². The van der Waals surface area contributed by atoms with E-state index in [1.54, 1.807) is 42.5 Å². The number of aromatic nitrogens is 1. The molecule has 2 N–H and O–H groups in total. The van der Waals surface area contributed by atoms with Gasteiger partial charge in [0.15, 0.2) is 6.61 Å². The Kier molecular flexibility index (Phi) is 7.49. The second kappa shape index (κ2) is 11.5. The summed E-state index contributed by atoms with van der Waals surface area (Å²) in [5, 5.41) is 3.69. The van der Waals surface area contributed by atoms with Crippen molar-refractivity contribution >= 4 is 63.8 Å². The number of amides is 3. The number of H-pyrrole nitrogens is 1. The third-order valence-electron chi connectivity index (χ3n) is 9.88. The number of nitrogens with one attached hydrogen (secondary N) is 2. The van der Waals surface area contributed by atoms with Gasteiger partial charge in [-0.15, -0.1) is 11.8 Å². The first-order valence-electron chi connectivity index (χ1n) is 15.2. The van der Waals surface area contributed by atoms with Gasteiger partial charge in [0.1, 0.15) is 5.75 Å². The molecular formula is C34H25ClF3N3O5S2. The van der Waals surface area contributed by atoms with Crippen LogP contribution in [0.1, 0.15) is 28.3 Å². The van der Waals surface area contributed by atoms with Crippen molar-refractivity contribution in [2.24, 2.45) is 29.6 Å². The molecule has 1 saturated heterocycles. The van der Waals surface area contributed by atoms with Crippen molar-refractivity contribution in [2.75, 3.05) is 16.8 Å². The Morgan fingerprint density at radius 1 is 0.979 bits per heavy atom. The number of carbonyl (C=O) groups is 3. The molecule has 3 fully saturated rings. The second-order valence-corrected chi connectivity index (χ2v) is 15.0. The van der Waals surface area contributed by atoms with Gasteiger partial charge in [0.2, 0.25) is 11.8 Å². The molecule has 2 bridgehead atoms. The van der Waals surface area contributed by atoms with E-state index in [9.17, 15) is 32.3 Å². The molecule has 3 heterocycles. The van der Waals surface area contributed by atoms with Gasteiger partial charge in [0, 0.05) is 32.3 Å². The lowest BCUT2D eigenvalue weighted by Crippen LogP contribution is -2.42. The van der Waals surface area contributed by atoms with E-state index in [2.05, 4.69) is 10.3 Å². The average molecular weight is 712 g/mol. The van der Waals surface area contributed by atoms with Crippen molar-refractivity contribution in [1.29, 1.82) is 0 Å². The summed E-state index contributed by atoms with van der Waals surface area (Å²) in [5.41, 5.74) is 0.230. The number of thioether (sulfide) groups is 1. The van der Waals surface area contributed by atoms with Crippen molar-refractivity contribution in [3.05, 3.63) is 103 Å². The molecule has 2 saturated carbocycles. The van der Waals surface area contributed by atoms with Crippen molar-refractivity contribution in [1.82, 2.24) is 4.98 Å². The maximum absolute atomic E-state index is 14.0. The molecule has 8 nitrogen and oxygen atoms in total. The molecular weight excluding hydrogens is 687 g/mol. The Balaban J connectivity index is 1.15. The predicted octanol–water partition coefficient (Wildman–Crippen LogP) is 6.80. The summed E-state index contributed by atoms with van der Waals surface area (Å²) in [6.45, 7) is -0.301. The average Bonchev–Trinajstić information content (AvgIpc) is 3.79. The number of anilines is 2. The number of alkyl halides is 3. The van der Waals surface area contributed by atoms with Crippen LogP contribution in [0.5, 0.6) is 5.75 Å². The van der Waals surface area contributed by atoms with Gasteiger partial charge in [-0.25, -0.2) is 0 Å². The molecule has 14 heteroatoms. The minimum absolute atomic E-state index is 0.0939. The summed E-state index contributed by atoms with van der Waals surface area (Å²) in [6, 6.07) is 18.3. The Morgan fingerprint density at radius 2 is 1.73 bits per heavy atom. The lowest BCUT2D eigenvalue weighted by Gasteiger charge is -2.43. The molecule has 4 unspecified atom stereocenters. The van der Waals surface area contributed by atoms with Gasteiger partial charge in [-0.1, -0.05) is 47.2 Å². The largest absolute Gasteiger partial charge is 0.483 e. The fourth-order valence-corrected chi connectivity index (χ4v) is 11.3. The van der Waals surface area contributed by atoms with Crippen LogP contribution in [0.15, 0.2) is 82.6 Å². The van der Waals surface area contributed by atoms with Crippen LogP contribution in [0.4, 0.5) is 24.5 Å². The third-order valence-corrected chi connectivity index (χ3v) is 12.7. The van der Waals surface area contributed by atoms with Gasteiger partial charge in [0.05, 0.1) is 28.1 Å². The first-order chi connectivity index (χ1) is 23.0. The van der Waals surface area contributed by atoms with E-state index in [1.165, 1.54) is 23.9 Å². The number of rotatable bonds is 6. The number of fused-ring (bicyclic) bond motifs is 9. The van der Waals surface area contributed by atoms with Crippen molar-refractivity contribution in [3.63, 3.8) is 0 Å².